The van der Waals surface area contributed by atoms with Gasteiger partial charge in [0.15, 0.2) is 5.96 Å². The number of nitrogens with one attached hydrogen (secondary N) is 2. The summed E-state index contributed by atoms with van der Waals surface area (Å²) < 4.78 is 7.64. The van der Waals surface area contributed by atoms with Gasteiger partial charge in [0.2, 0.25) is 0 Å². The third-order valence-corrected chi connectivity index (χ3v) is 3.58. The molecule has 0 aliphatic rings. The van der Waals surface area contributed by atoms with Crippen molar-refractivity contribution in [1.29, 1.82) is 0 Å². The summed E-state index contributed by atoms with van der Waals surface area (Å²) in [7, 11) is 1.77. The summed E-state index contributed by atoms with van der Waals surface area (Å²) in [5.41, 5.74) is 1.23. The number of aryl methyl sites for hydroxylation is 1. The minimum absolute atomic E-state index is 0.451. The predicted octanol–water partition coefficient (Wildman–Crippen LogP) is 2.07. The number of nitrogens with zero attached hydrogens (tertiary/aromatic N) is 3. The van der Waals surface area contributed by atoms with Crippen molar-refractivity contribution >= 4 is 5.96 Å². The molecular weight excluding hydrogens is 302 g/mol. The molecule has 0 saturated carbocycles. The Morgan fingerprint density at radius 2 is 2.08 bits per heavy atom. The van der Waals surface area contributed by atoms with Gasteiger partial charge in [0.1, 0.15) is 12.4 Å². The fraction of sp³-hybridized carbons (Fsp3) is 0.444. The van der Waals surface area contributed by atoms with Crippen LogP contribution in [-0.4, -0.2) is 42.5 Å². The van der Waals surface area contributed by atoms with Gasteiger partial charge in [-0.15, -0.1) is 0 Å². The van der Waals surface area contributed by atoms with Crippen molar-refractivity contribution in [3.63, 3.8) is 0 Å². The minimum Gasteiger partial charge on any atom is -0.492 e. The van der Waals surface area contributed by atoms with Crippen LogP contribution in [0.1, 0.15) is 12.5 Å². The van der Waals surface area contributed by atoms with Crippen LogP contribution in [0, 0.1) is 12.8 Å². The largest absolute Gasteiger partial charge is 0.492 e. The molecule has 1 aromatic heterocycles. The van der Waals surface area contributed by atoms with Crippen LogP contribution >= 0.6 is 0 Å². The molecule has 130 valence electrons. The third-order valence-electron chi connectivity index (χ3n) is 3.58. The molecule has 0 aliphatic carbocycles. The van der Waals surface area contributed by atoms with E-state index in [1.165, 1.54) is 5.56 Å². The maximum atomic E-state index is 5.69. The molecule has 6 heteroatoms. The highest BCUT2D eigenvalue weighted by Gasteiger charge is 2.05. The molecule has 1 atom stereocenters. The van der Waals surface area contributed by atoms with Crippen LogP contribution in [0.25, 0.3) is 0 Å². The molecule has 0 radical (unpaired) electrons. The highest BCUT2D eigenvalue weighted by atomic mass is 16.5. The zero-order valence-electron chi connectivity index (χ0n) is 14.7. The van der Waals surface area contributed by atoms with Gasteiger partial charge in [-0.2, -0.15) is 5.10 Å². The van der Waals surface area contributed by atoms with E-state index in [0.717, 1.165) is 24.8 Å². The first kappa shape index (κ1) is 17.8. The maximum Gasteiger partial charge on any atom is 0.191 e. The first-order valence-corrected chi connectivity index (χ1v) is 8.29. The Morgan fingerprint density at radius 3 is 2.75 bits per heavy atom. The number of hydrogen-bond donors (Lipinski definition) is 2. The van der Waals surface area contributed by atoms with E-state index >= 15 is 0 Å². The Hall–Kier alpha value is -2.50. The zero-order chi connectivity index (χ0) is 17.2. The molecule has 0 amide bonds. The molecule has 0 fully saturated rings. The van der Waals surface area contributed by atoms with Crippen LogP contribution in [0.15, 0.2) is 47.7 Å². The highest BCUT2D eigenvalue weighted by molar-refractivity contribution is 5.79. The quantitative estimate of drug-likeness (QED) is 0.442. The van der Waals surface area contributed by atoms with E-state index in [1.807, 2.05) is 41.2 Å². The molecule has 1 heterocycles. The number of guanidine groups is 1. The second-order valence-corrected chi connectivity index (χ2v) is 5.87. The van der Waals surface area contributed by atoms with Gasteiger partial charge in [-0.1, -0.05) is 24.6 Å². The lowest BCUT2D eigenvalue weighted by molar-refractivity contribution is 0.321. The molecule has 24 heavy (non-hydrogen) atoms. The third kappa shape index (κ3) is 6.32. The average molecular weight is 329 g/mol. The smallest absolute Gasteiger partial charge is 0.191 e. The number of rotatable bonds is 8. The maximum absolute atomic E-state index is 5.69. The number of aromatic nitrogens is 2. The fourth-order valence-corrected chi connectivity index (χ4v) is 2.26. The molecule has 0 saturated heterocycles. The molecule has 2 rings (SSSR count). The van der Waals surface area contributed by atoms with Crippen molar-refractivity contribution < 1.29 is 4.74 Å². The van der Waals surface area contributed by atoms with Crippen molar-refractivity contribution in [2.45, 2.75) is 20.4 Å². The summed E-state index contributed by atoms with van der Waals surface area (Å²) in [6.07, 6.45) is 3.78. The second-order valence-electron chi connectivity index (χ2n) is 5.87. The van der Waals surface area contributed by atoms with E-state index in [1.54, 1.807) is 13.2 Å². The predicted molar refractivity (Wildman–Crippen MR) is 97.4 cm³/mol. The first-order valence-electron chi connectivity index (χ1n) is 8.29. The highest BCUT2D eigenvalue weighted by Crippen LogP contribution is 2.10. The summed E-state index contributed by atoms with van der Waals surface area (Å²) >= 11 is 0. The molecule has 0 spiro atoms. The Kier molecular flexibility index (Phi) is 7.14. The normalized spacial score (nSPS) is 12.7. The van der Waals surface area contributed by atoms with Crippen molar-refractivity contribution in [3.05, 3.63) is 48.3 Å². The Labute approximate surface area is 143 Å². The van der Waals surface area contributed by atoms with Crippen molar-refractivity contribution in [3.8, 4) is 5.75 Å². The van der Waals surface area contributed by atoms with Crippen molar-refractivity contribution in [1.82, 2.24) is 20.4 Å². The SMILES string of the molecule is CN=C(NCCOc1ccc(C)cc1)NCC(C)Cn1cccn1. The minimum atomic E-state index is 0.451. The van der Waals surface area contributed by atoms with E-state index in [2.05, 4.69) is 34.6 Å². The lowest BCUT2D eigenvalue weighted by atomic mass is 10.2. The molecule has 1 unspecified atom stereocenters. The van der Waals surface area contributed by atoms with Crippen LogP contribution in [0.2, 0.25) is 0 Å². The summed E-state index contributed by atoms with van der Waals surface area (Å²) in [6, 6.07) is 10.0. The van der Waals surface area contributed by atoms with Gasteiger partial charge in [-0.25, -0.2) is 0 Å². The Balaban J connectivity index is 1.62. The van der Waals surface area contributed by atoms with E-state index in [4.69, 9.17) is 4.74 Å². The molecule has 0 bridgehead atoms. The molecule has 1 aromatic carbocycles. The molecule has 2 N–H and O–H groups in total. The molecule has 6 nitrogen and oxygen atoms in total. The van der Waals surface area contributed by atoms with Gasteiger partial charge >= 0.3 is 0 Å². The van der Waals surface area contributed by atoms with E-state index in [-0.39, 0.29) is 0 Å². The van der Waals surface area contributed by atoms with Gasteiger partial charge in [0, 0.05) is 32.5 Å². The number of benzene rings is 1. The Morgan fingerprint density at radius 1 is 1.29 bits per heavy atom. The summed E-state index contributed by atoms with van der Waals surface area (Å²) in [4.78, 5) is 4.23. The van der Waals surface area contributed by atoms with Gasteiger partial charge in [0.25, 0.3) is 0 Å². The average Bonchev–Trinajstić information content (AvgIpc) is 3.08. The lowest BCUT2D eigenvalue weighted by Gasteiger charge is -2.16. The van der Waals surface area contributed by atoms with Gasteiger partial charge in [-0.3, -0.25) is 9.67 Å². The zero-order valence-corrected chi connectivity index (χ0v) is 14.7. The van der Waals surface area contributed by atoms with E-state index < -0.39 is 0 Å². The topological polar surface area (TPSA) is 63.5 Å². The van der Waals surface area contributed by atoms with E-state index in [0.29, 0.717) is 19.1 Å². The fourth-order valence-electron chi connectivity index (χ4n) is 2.26. The standard InChI is InChI=1S/C18H27N5O/c1-15-5-7-17(8-6-15)24-12-10-20-18(19-3)21-13-16(2)14-23-11-4-9-22-23/h4-9,11,16H,10,12-14H2,1-3H3,(H2,19,20,21). The van der Waals surface area contributed by atoms with Gasteiger partial charge in [-0.05, 0) is 31.0 Å². The van der Waals surface area contributed by atoms with Gasteiger partial charge < -0.3 is 15.4 Å². The number of hydrogen-bond acceptors (Lipinski definition) is 3. The molecule has 0 aliphatic heterocycles. The van der Waals surface area contributed by atoms with E-state index in [9.17, 15) is 0 Å². The van der Waals surface area contributed by atoms with Crippen LogP contribution in [0.5, 0.6) is 5.75 Å². The number of aliphatic imine (C=N–C) groups is 1. The summed E-state index contributed by atoms with van der Waals surface area (Å²) in [5.74, 6) is 2.13. The first-order chi connectivity index (χ1) is 11.7. The van der Waals surface area contributed by atoms with Gasteiger partial charge in [0.05, 0.1) is 6.54 Å². The molecule has 2 aromatic rings. The van der Waals surface area contributed by atoms with Crippen LogP contribution < -0.4 is 15.4 Å². The summed E-state index contributed by atoms with van der Waals surface area (Å²) in [6.45, 7) is 7.25. The second kappa shape index (κ2) is 9.60. The van der Waals surface area contributed by atoms with Crippen LogP contribution in [-0.2, 0) is 6.54 Å². The molecular formula is C18H27N5O. The lowest BCUT2D eigenvalue weighted by Crippen LogP contribution is -2.41. The summed E-state index contributed by atoms with van der Waals surface area (Å²) in [5, 5.41) is 10.8. The Bertz CT molecular complexity index is 607. The van der Waals surface area contributed by atoms with Crippen molar-refractivity contribution in [2.24, 2.45) is 10.9 Å². The number of ether oxygens (including phenoxy) is 1. The van der Waals surface area contributed by atoms with Crippen LogP contribution in [0.3, 0.4) is 0 Å². The van der Waals surface area contributed by atoms with Crippen molar-refractivity contribution in [2.75, 3.05) is 26.7 Å². The monoisotopic (exact) mass is 329 g/mol. The van der Waals surface area contributed by atoms with Crippen LogP contribution in [0.4, 0.5) is 0 Å².